The van der Waals surface area contributed by atoms with Gasteiger partial charge in [0, 0.05) is 37.3 Å². The molecule has 16 heteroatoms. The summed E-state index contributed by atoms with van der Waals surface area (Å²) in [5.74, 6) is -7.58. The van der Waals surface area contributed by atoms with E-state index in [2.05, 4.69) is 0 Å². The zero-order valence-corrected chi connectivity index (χ0v) is 22.7. The van der Waals surface area contributed by atoms with Crippen molar-refractivity contribution < 1.29 is 59.1 Å². The number of carbonyl (C=O) groups excluding carboxylic acids is 2. The molecule has 1 heterocycles. The first-order chi connectivity index (χ1) is 19.7. The van der Waals surface area contributed by atoms with Crippen LogP contribution in [0.2, 0.25) is 0 Å². The summed E-state index contributed by atoms with van der Waals surface area (Å²) in [6, 6.07) is 4.44. The summed E-state index contributed by atoms with van der Waals surface area (Å²) in [5, 5.41) is 46.8. The molecule has 0 bridgehead atoms. The van der Waals surface area contributed by atoms with E-state index in [9.17, 15) is 59.1 Å². The Morgan fingerprint density at radius 1 is 0.667 bits per heavy atom. The number of amides is 2. The Kier molecular flexibility index (Phi) is 12.3. The predicted octanol–water partition coefficient (Wildman–Crippen LogP) is -1.26. The lowest BCUT2D eigenvalue weighted by Gasteiger charge is -2.36. The third-order valence-corrected chi connectivity index (χ3v) is 6.32. The van der Waals surface area contributed by atoms with Gasteiger partial charge in [0.15, 0.2) is 0 Å². The monoisotopic (exact) mass is 592 g/mol. The first kappa shape index (κ1) is 33.5. The highest BCUT2D eigenvalue weighted by Gasteiger charge is 2.30. The molecule has 1 aliphatic heterocycles. The maximum atomic E-state index is 12.0. The molecular weight excluding hydrogens is 560 g/mol. The number of anilines is 1. The molecule has 1 aliphatic rings. The Hall–Kier alpha value is -4.67. The summed E-state index contributed by atoms with van der Waals surface area (Å²) in [6.45, 7) is -2.05. The van der Waals surface area contributed by atoms with E-state index in [0.29, 0.717) is 5.56 Å². The molecule has 42 heavy (non-hydrogen) atoms. The second kappa shape index (κ2) is 15.4. The van der Waals surface area contributed by atoms with Gasteiger partial charge >= 0.3 is 29.8 Å². The van der Waals surface area contributed by atoms with Crippen LogP contribution in [0.5, 0.6) is 0 Å². The largest absolute Gasteiger partial charge is 0.480 e. The number of rotatable bonds is 19. The lowest BCUT2D eigenvalue weighted by atomic mass is 10.0. The van der Waals surface area contributed by atoms with E-state index in [1.54, 1.807) is 12.1 Å². The number of nitrogens with zero attached hydrogens (tertiary/aromatic N) is 4. The Labute approximate surface area is 239 Å². The van der Waals surface area contributed by atoms with Crippen molar-refractivity contribution in [2.45, 2.75) is 25.4 Å². The number of carboxylic acid groups (broad SMARTS) is 5. The van der Waals surface area contributed by atoms with Crippen LogP contribution >= 0.6 is 0 Å². The van der Waals surface area contributed by atoms with Gasteiger partial charge < -0.3 is 25.5 Å². The van der Waals surface area contributed by atoms with E-state index in [4.69, 9.17) is 0 Å². The summed E-state index contributed by atoms with van der Waals surface area (Å²) in [7, 11) is 0. The molecule has 0 aliphatic carbocycles. The highest BCUT2D eigenvalue weighted by Crippen LogP contribution is 2.21. The number of hydrogen-bond acceptors (Lipinski definition) is 10. The first-order valence-corrected chi connectivity index (χ1v) is 12.6. The second-order valence-corrected chi connectivity index (χ2v) is 9.69. The van der Waals surface area contributed by atoms with Gasteiger partial charge in [-0.3, -0.25) is 48.3 Å². The van der Waals surface area contributed by atoms with Crippen LogP contribution in [-0.2, 0) is 40.0 Å². The van der Waals surface area contributed by atoms with E-state index in [0.717, 1.165) is 26.9 Å². The van der Waals surface area contributed by atoms with Crippen LogP contribution in [0, 0.1) is 0 Å². The molecule has 2 amide bonds. The number of imide groups is 1. The van der Waals surface area contributed by atoms with E-state index >= 15 is 0 Å². The van der Waals surface area contributed by atoms with Crippen LogP contribution in [0.15, 0.2) is 36.4 Å². The quantitative estimate of drug-likeness (QED) is 0.118. The van der Waals surface area contributed by atoms with Crippen LogP contribution in [0.3, 0.4) is 0 Å². The van der Waals surface area contributed by atoms with Crippen molar-refractivity contribution in [2.75, 3.05) is 50.7 Å². The minimum absolute atomic E-state index is 0.0272. The number of carboxylic acids is 5. The summed E-state index contributed by atoms with van der Waals surface area (Å²) >= 11 is 0. The zero-order chi connectivity index (χ0) is 31.6. The molecule has 0 unspecified atom stereocenters. The third kappa shape index (κ3) is 10.7. The van der Waals surface area contributed by atoms with Gasteiger partial charge in [-0.15, -0.1) is 0 Å². The fourth-order valence-corrected chi connectivity index (χ4v) is 4.58. The second-order valence-electron chi connectivity index (χ2n) is 9.69. The Balaban J connectivity index is 2.38. The number of carbonyl (C=O) groups is 7. The van der Waals surface area contributed by atoms with Crippen molar-refractivity contribution in [3.63, 3.8) is 0 Å². The van der Waals surface area contributed by atoms with Crippen molar-refractivity contribution in [2.24, 2.45) is 0 Å². The average molecular weight is 593 g/mol. The lowest BCUT2D eigenvalue weighted by Crippen LogP contribution is -2.53. The van der Waals surface area contributed by atoms with Crippen LogP contribution in [-0.4, -0.2) is 140 Å². The van der Waals surface area contributed by atoms with Gasteiger partial charge in [-0.1, -0.05) is 12.1 Å². The van der Waals surface area contributed by atoms with E-state index in [1.807, 2.05) is 0 Å². The molecule has 0 fully saturated rings. The number of hydrogen-bond donors (Lipinski definition) is 5. The third-order valence-electron chi connectivity index (χ3n) is 6.32. The van der Waals surface area contributed by atoms with E-state index < -0.39 is 86.5 Å². The molecule has 0 saturated carbocycles. The minimum Gasteiger partial charge on any atom is -0.480 e. The molecule has 0 radical (unpaired) electrons. The fourth-order valence-electron chi connectivity index (χ4n) is 4.58. The molecule has 0 spiro atoms. The lowest BCUT2D eigenvalue weighted by molar-refractivity contribution is -0.144. The minimum atomic E-state index is -1.33. The molecule has 1 aromatic rings. The van der Waals surface area contributed by atoms with Gasteiger partial charge in [-0.2, -0.15) is 0 Å². The van der Waals surface area contributed by atoms with Crippen LogP contribution < -0.4 is 4.90 Å². The molecule has 1 aromatic carbocycles. The van der Waals surface area contributed by atoms with E-state index in [1.165, 1.54) is 24.0 Å². The SMILES string of the molecule is C[C@@H](CN(CC(=O)O)C[C@H](Cc1ccc(N2C(=O)C=CC2=O)cc1)N(CC(=O)O)CC(=O)O)N(CC(=O)O)CC(=O)O. The Morgan fingerprint density at radius 3 is 1.52 bits per heavy atom. The first-order valence-electron chi connectivity index (χ1n) is 12.6. The Bertz CT molecular complexity index is 1180. The zero-order valence-electron chi connectivity index (χ0n) is 22.7. The summed E-state index contributed by atoms with van der Waals surface area (Å²) in [4.78, 5) is 86.0. The highest BCUT2D eigenvalue weighted by atomic mass is 16.4. The van der Waals surface area contributed by atoms with Gasteiger partial charge in [0.25, 0.3) is 11.8 Å². The van der Waals surface area contributed by atoms with E-state index in [-0.39, 0.29) is 25.2 Å². The predicted molar refractivity (Wildman–Crippen MR) is 143 cm³/mol. The van der Waals surface area contributed by atoms with Crippen molar-refractivity contribution in [3.8, 4) is 0 Å². The molecule has 5 N–H and O–H groups in total. The number of benzene rings is 1. The molecule has 0 aromatic heterocycles. The maximum Gasteiger partial charge on any atom is 0.317 e. The average Bonchev–Trinajstić information content (AvgIpc) is 3.19. The maximum absolute atomic E-state index is 12.0. The Morgan fingerprint density at radius 2 is 1.10 bits per heavy atom. The molecular formula is C26H32N4O12. The summed E-state index contributed by atoms with van der Waals surface area (Å²) in [6.07, 6.45) is 2.27. The van der Waals surface area contributed by atoms with Gasteiger partial charge in [0.1, 0.15) is 0 Å². The standard InChI is InChI=1S/C26H32N4O12/c1-16(28(12-23(35)36)13-24(37)38)9-27(11-22(33)34)10-19(29(14-25(39)40)15-26(41)42)8-17-2-4-18(5-3-17)30-20(31)6-7-21(30)32/h2-7,16,19H,8-15H2,1H3,(H,33,34)(H,35,36)(H,37,38)(H,39,40)(H,41,42)/t16-,19-/m0/s1. The smallest absolute Gasteiger partial charge is 0.317 e. The van der Waals surface area contributed by atoms with Crippen LogP contribution in [0.4, 0.5) is 5.69 Å². The van der Waals surface area contributed by atoms with Gasteiger partial charge in [-0.05, 0) is 31.0 Å². The van der Waals surface area contributed by atoms with Crippen molar-refractivity contribution in [1.29, 1.82) is 0 Å². The van der Waals surface area contributed by atoms with Crippen molar-refractivity contribution in [3.05, 3.63) is 42.0 Å². The van der Waals surface area contributed by atoms with Gasteiger partial charge in [0.05, 0.1) is 38.4 Å². The van der Waals surface area contributed by atoms with Crippen molar-refractivity contribution >= 4 is 47.3 Å². The molecule has 228 valence electrons. The van der Waals surface area contributed by atoms with Crippen LogP contribution in [0.25, 0.3) is 0 Å². The summed E-state index contributed by atoms with van der Waals surface area (Å²) < 4.78 is 0. The van der Waals surface area contributed by atoms with Crippen LogP contribution in [0.1, 0.15) is 12.5 Å². The highest BCUT2D eigenvalue weighted by molar-refractivity contribution is 6.28. The van der Waals surface area contributed by atoms with Gasteiger partial charge in [-0.25, -0.2) is 4.90 Å². The molecule has 0 saturated heterocycles. The molecule has 2 atom stereocenters. The molecule has 2 rings (SSSR count). The fraction of sp³-hybridized carbons (Fsp3) is 0.423. The van der Waals surface area contributed by atoms with Gasteiger partial charge in [0.2, 0.25) is 0 Å². The topological polar surface area (TPSA) is 234 Å². The van der Waals surface area contributed by atoms with Crippen molar-refractivity contribution in [1.82, 2.24) is 14.7 Å². The molecule has 16 nitrogen and oxygen atoms in total. The number of aliphatic carboxylic acids is 5. The summed E-state index contributed by atoms with van der Waals surface area (Å²) in [5.41, 5.74) is 0.833. The normalized spacial score (nSPS) is 14.5.